The maximum absolute atomic E-state index is 14.5. The predicted octanol–water partition coefficient (Wildman–Crippen LogP) is 9.39. The van der Waals surface area contributed by atoms with Gasteiger partial charge in [-0.2, -0.15) is 0 Å². The quantitative estimate of drug-likeness (QED) is 0.0251. The van der Waals surface area contributed by atoms with E-state index in [0.29, 0.717) is 36.0 Å². The topological polar surface area (TPSA) is 124 Å². The Kier molecular flexibility index (Phi) is 22.8. The van der Waals surface area contributed by atoms with Crippen LogP contribution in [0.1, 0.15) is 139 Å². The summed E-state index contributed by atoms with van der Waals surface area (Å²) in [7, 11) is -4.71. The zero-order valence-corrected chi connectivity index (χ0v) is 29.4. The van der Waals surface area contributed by atoms with Crippen molar-refractivity contribution in [2.45, 2.75) is 158 Å². The smallest absolute Gasteiger partial charge is 0.432 e. The van der Waals surface area contributed by atoms with Crippen molar-refractivity contribution in [3.63, 3.8) is 0 Å². The number of carbonyl (C=O) groups is 3. The van der Waals surface area contributed by atoms with Gasteiger partial charge in [-0.15, -0.1) is 0 Å². The number of rotatable bonds is 24. The standard InChI is InChI=1S/C33H57O10P/c1-10-16-19-22-28(38-31(34)25(7)13-4)41-44(37,42-29(23-20-17-11-2)39-32(35)26(8)14-5)43-30(24-21-18-12-3)40-33(36)27(9)15-6/h13-15,28-30H,10-12,16-24H2,1-9H3/b25-13+,26-14+,27-15+. The van der Waals surface area contributed by atoms with Crippen molar-refractivity contribution in [3.05, 3.63) is 34.9 Å². The lowest BCUT2D eigenvalue weighted by atomic mass is 10.2. The Hall–Kier alpha value is -2.26. The highest BCUT2D eigenvalue weighted by molar-refractivity contribution is 7.48. The van der Waals surface area contributed by atoms with E-state index in [1.54, 1.807) is 59.8 Å². The fourth-order valence-electron chi connectivity index (χ4n) is 3.58. The van der Waals surface area contributed by atoms with E-state index in [0.717, 1.165) is 38.5 Å². The third-order valence-electron chi connectivity index (χ3n) is 6.85. The van der Waals surface area contributed by atoms with E-state index >= 15 is 0 Å². The van der Waals surface area contributed by atoms with Gasteiger partial charge in [0.05, 0.1) is 0 Å². The molecule has 0 fully saturated rings. The van der Waals surface area contributed by atoms with E-state index in [1.807, 2.05) is 20.8 Å². The molecule has 0 aromatic carbocycles. The predicted molar refractivity (Wildman–Crippen MR) is 171 cm³/mol. The highest BCUT2D eigenvalue weighted by Gasteiger charge is 2.40. The number of phosphoric ester groups is 1. The zero-order chi connectivity index (χ0) is 33.5. The number of phosphoric acid groups is 1. The lowest BCUT2D eigenvalue weighted by Crippen LogP contribution is -2.29. The van der Waals surface area contributed by atoms with Gasteiger partial charge in [-0.05, 0) is 60.8 Å². The molecule has 0 saturated heterocycles. The van der Waals surface area contributed by atoms with Crippen molar-refractivity contribution in [1.82, 2.24) is 0 Å². The lowest BCUT2D eigenvalue weighted by Gasteiger charge is -2.29. The molecule has 10 nitrogen and oxygen atoms in total. The Bertz CT molecular complexity index is 877. The summed E-state index contributed by atoms with van der Waals surface area (Å²) in [5.74, 6) is -1.94. The summed E-state index contributed by atoms with van der Waals surface area (Å²) in [4.78, 5) is 38.1. The zero-order valence-electron chi connectivity index (χ0n) is 28.5. The summed E-state index contributed by atoms with van der Waals surface area (Å²) >= 11 is 0. The van der Waals surface area contributed by atoms with Gasteiger partial charge in [0, 0.05) is 36.0 Å². The molecule has 0 aliphatic carbocycles. The molecule has 0 heterocycles. The Morgan fingerprint density at radius 1 is 0.523 bits per heavy atom. The maximum Gasteiger partial charge on any atom is 0.484 e. The van der Waals surface area contributed by atoms with E-state index in [4.69, 9.17) is 27.8 Å². The monoisotopic (exact) mass is 644 g/mol. The third kappa shape index (κ3) is 17.9. The molecule has 44 heavy (non-hydrogen) atoms. The van der Waals surface area contributed by atoms with E-state index in [9.17, 15) is 18.9 Å². The fourth-order valence-corrected chi connectivity index (χ4v) is 5.04. The number of carbonyl (C=O) groups excluding carboxylic acids is 3. The van der Waals surface area contributed by atoms with Gasteiger partial charge in [0.25, 0.3) is 0 Å². The van der Waals surface area contributed by atoms with E-state index in [1.165, 1.54) is 0 Å². The second-order valence-corrected chi connectivity index (χ2v) is 12.2. The van der Waals surface area contributed by atoms with Crippen LogP contribution in [0.2, 0.25) is 0 Å². The number of hydrogen-bond donors (Lipinski definition) is 0. The summed E-state index contributed by atoms with van der Waals surface area (Å²) in [5, 5.41) is 0. The average molecular weight is 645 g/mol. The highest BCUT2D eigenvalue weighted by Crippen LogP contribution is 2.54. The molecule has 3 unspecified atom stereocenters. The summed E-state index contributed by atoms with van der Waals surface area (Å²) in [6.45, 7) is 15.9. The van der Waals surface area contributed by atoms with Gasteiger partial charge in [-0.25, -0.2) is 32.5 Å². The number of unbranched alkanes of at least 4 members (excludes halogenated alkanes) is 6. The lowest BCUT2D eigenvalue weighted by molar-refractivity contribution is -0.181. The van der Waals surface area contributed by atoms with E-state index in [2.05, 4.69) is 0 Å². The Balaban J connectivity index is 6.63. The number of hydrogen-bond acceptors (Lipinski definition) is 10. The van der Waals surface area contributed by atoms with Gasteiger partial charge in [0.1, 0.15) is 0 Å². The van der Waals surface area contributed by atoms with Crippen LogP contribution in [0.25, 0.3) is 0 Å². The van der Waals surface area contributed by atoms with Crippen molar-refractivity contribution in [2.24, 2.45) is 0 Å². The van der Waals surface area contributed by atoms with Crippen LogP contribution in [0.5, 0.6) is 0 Å². The Morgan fingerprint density at radius 3 is 0.977 bits per heavy atom. The Labute approximate surface area is 265 Å². The van der Waals surface area contributed by atoms with Crippen LogP contribution in [0.15, 0.2) is 34.9 Å². The van der Waals surface area contributed by atoms with Crippen molar-refractivity contribution in [1.29, 1.82) is 0 Å². The maximum atomic E-state index is 14.5. The second-order valence-electron chi connectivity index (χ2n) is 10.7. The summed E-state index contributed by atoms with van der Waals surface area (Å²) in [5.41, 5.74) is 1.02. The molecule has 0 spiro atoms. The molecule has 0 bridgehead atoms. The average Bonchev–Trinajstić information content (AvgIpc) is 2.99. The van der Waals surface area contributed by atoms with Gasteiger partial charge < -0.3 is 14.2 Å². The van der Waals surface area contributed by atoms with Gasteiger partial charge in [0.15, 0.2) is 0 Å². The first-order valence-corrected chi connectivity index (χ1v) is 17.5. The van der Waals surface area contributed by atoms with Crippen LogP contribution in [0.3, 0.4) is 0 Å². The van der Waals surface area contributed by atoms with Crippen LogP contribution < -0.4 is 0 Å². The SMILES string of the molecule is C/C=C(\C)C(=O)OC(CCCCC)OP(=O)(OC(CCCCC)OC(=O)/C(C)=C/C)OC(CCCCC)OC(=O)/C(C)=C/C. The number of allylic oxidation sites excluding steroid dienone is 3. The molecule has 0 amide bonds. The summed E-state index contributed by atoms with van der Waals surface area (Å²) in [6.07, 6.45) is 8.42. The number of ether oxygens (including phenoxy) is 3. The third-order valence-corrected chi connectivity index (χ3v) is 8.33. The highest BCUT2D eigenvalue weighted by atomic mass is 31.2. The van der Waals surface area contributed by atoms with Crippen molar-refractivity contribution >= 4 is 25.7 Å². The van der Waals surface area contributed by atoms with Gasteiger partial charge >= 0.3 is 25.7 Å². The van der Waals surface area contributed by atoms with Crippen LogP contribution in [0.4, 0.5) is 0 Å². The molecule has 11 heteroatoms. The molecule has 0 aliphatic rings. The second kappa shape index (κ2) is 24.0. The van der Waals surface area contributed by atoms with Crippen LogP contribution in [-0.2, 0) is 46.7 Å². The van der Waals surface area contributed by atoms with Gasteiger partial charge in [0.2, 0.25) is 18.9 Å². The molecular weight excluding hydrogens is 587 g/mol. The normalized spacial score (nSPS) is 16.1. The largest absolute Gasteiger partial charge is 0.484 e. The molecule has 0 N–H and O–H groups in total. The molecule has 0 rings (SSSR count). The first-order chi connectivity index (χ1) is 20.9. The first kappa shape index (κ1) is 41.7. The first-order valence-electron chi connectivity index (χ1n) is 16.1. The molecule has 254 valence electrons. The Morgan fingerprint density at radius 2 is 0.773 bits per heavy atom. The summed E-state index contributed by atoms with van der Waals surface area (Å²) in [6, 6.07) is 0. The van der Waals surface area contributed by atoms with Gasteiger partial charge in [-0.1, -0.05) is 77.5 Å². The van der Waals surface area contributed by atoms with Gasteiger partial charge in [-0.3, -0.25) is 0 Å². The van der Waals surface area contributed by atoms with Crippen LogP contribution in [-0.4, -0.2) is 36.8 Å². The minimum atomic E-state index is -4.71. The van der Waals surface area contributed by atoms with Crippen LogP contribution in [0, 0.1) is 0 Å². The van der Waals surface area contributed by atoms with E-state index in [-0.39, 0.29) is 19.3 Å². The van der Waals surface area contributed by atoms with Crippen molar-refractivity contribution in [2.75, 3.05) is 0 Å². The molecule has 0 aliphatic heterocycles. The van der Waals surface area contributed by atoms with Crippen molar-refractivity contribution in [3.8, 4) is 0 Å². The molecule has 0 aromatic rings. The molecule has 0 aromatic heterocycles. The number of esters is 3. The molecule has 0 radical (unpaired) electrons. The van der Waals surface area contributed by atoms with Crippen LogP contribution >= 0.6 is 7.82 Å². The molecule has 0 saturated carbocycles. The minimum Gasteiger partial charge on any atom is -0.432 e. The molecule has 3 atom stereocenters. The van der Waals surface area contributed by atoms with Crippen molar-refractivity contribution < 1.29 is 46.7 Å². The fraction of sp³-hybridized carbons (Fsp3) is 0.727. The summed E-state index contributed by atoms with van der Waals surface area (Å²) < 4.78 is 48.9. The minimum absolute atomic E-state index is 0.212. The van der Waals surface area contributed by atoms with E-state index < -0.39 is 44.6 Å². The molecular formula is C33H57O10P.